The number of rotatable bonds is 61. The zero-order valence-corrected chi connectivity index (χ0v) is 54.4. The third-order valence-electron chi connectivity index (χ3n) is 14.8. The summed E-state index contributed by atoms with van der Waals surface area (Å²) in [4.78, 5) is 23.4. The summed E-state index contributed by atoms with van der Waals surface area (Å²) in [5, 5.41) is 14.1. The van der Waals surface area contributed by atoms with Gasteiger partial charge in [0.2, 0.25) is 5.91 Å². The van der Waals surface area contributed by atoms with E-state index in [9.17, 15) is 19.4 Å². The summed E-state index contributed by atoms with van der Waals surface area (Å²) < 4.78 is 23.9. The molecule has 3 unspecified atom stereocenters. The van der Waals surface area contributed by atoms with Crippen LogP contribution in [-0.4, -0.2) is 73.4 Å². The number of nitrogens with zero attached hydrogens (tertiary/aromatic N) is 1. The average Bonchev–Trinajstić information content (AvgIpc) is 3.43. The third-order valence-corrected chi connectivity index (χ3v) is 15.8. The van der Waals surface area contributed by atoms with Gasteiger partial charge in [0.05, 0.1) is 39.9 Å². The molecule has 0 aliphatic heterocycles. The van der Waals surface area contributed by atoms with Gasteiger partial charge in [-0.15, -0.1) is 0 Å². The number of aliphatic hydroxyl groups excluding tert-OH is 1. The summed E-state index contributed by atoms with van der Waals surface area (Å²) in [6.45, 7) is 4.78. The van der Waals surface area contributed by atoms with Crippen molar-refractivity contribution in [1.29, 1.82) is 0 Å². The minimum Gasteiger partial charge on any atom is -0.391 e. The van der Waals surface area contributed by atoms with Crippen molar-refractivity contribution in [1.82, 2.24) is 5.32 Å². The lowest BCUT2D eigenvalue weighted by atomic mass is 10.0. The molecule has 0 saturated heterocycles. The van der Waals surface area contributed by atoms with Gasteiger partial charge in [-0.25, -0.2) is 4.57 Å². The molecule has 0 saturated carbocycles. The first-order chi connectivity index (χ1) is 39.5. The number of amides is 1. The molecule has 0 bridgehead atoms. The van der Waals surface area contributed by atoms with E-state index in [-0.39, 0.29) is 19.1 Å². The quantitative estimate of drug-likeness (QED) is 0.0243. The molecule has 468 valence electrons. The van der Waals surface area contributed by atoms with Gasteiger partial charge in [-0.05, 0) is 83.5 Å². The predicted octanol–water partition coefficient (Wildman–Crippen LogP) is 21.5. The molecule has 0 aromatic heterocycles. The summed E-state index contributed by atoms with van der Waals surface area (Å²) in [5.74, 6) is -0.164. The first-order valence-electron chi connectivity index (χ1n) is 33.8. The number of hydrogen-bond donors (Lipinski definition) is 3. The van der Waals surface area contributed by atoms with Crippen molar-refractivity contribution in [2.75, 3.05) is 40.9 Å². The molecule has 0 aliphatic carbocycles. The van der Waals surface area contributed by atoms with Crippen LogP contribution in [0.15, 0.2) is 109 Å². The summed E-state index contributed by atoms with van der Waals surface area (Å²) in [5.41, 5.74) is 0. The van der Waals surface area contributed by atoms with Crippen LogP contribution in [0, 0.1) is 0 Å². The third kappa shape index (κ3) is 64.6. The summed E-state index contributed by atoms with van der Waals surface area (Å²) in [7, 11) is 1.59. The molecule has 81 heavy (non-hydrogen) atoms. The highest BCUT2D eigenvalue weighted by Gasteiger charge is 2.28. The number of carbonyl (C=O) groups excluding carboxylic acids is 1. The first kappa shape index (κ1) is 78.2. The SMILES string of the molecule is CC/C=C\C/C=C\C/C=C\C/C=C\C/C=C\C/C=C\C/C=C\C/C=C\C/C=C\CCCCCCCC(=O)NC(COP(=O)(O)OCC[N+](C)(C)C)C(O)CCCCCCCCCCCCCCCCCCCCCCCCCCCC. The fourth-order valence-electron chi connectivity index (χ4n) is 9.57. The zero-order valence-electron chi connectivity index (χ0n) is 53.5. The van der Waals surface area contributed by atoms with Crippen LogP contribution in [0.2, 0.25) is 0 Å². The lowest BCUT2D eigenvalue weighted by molar-refractivity contribution is -0.870. The van der Waals surface area contributed by atoms with Gasteiger partial charge in [0.15, 0.2) is 0 Å². The number of carbonyl (C=O) groups is 1. The van der Waals surface area contributed by atoms with Crippen LogP contribution in [-0.2, 0) is 18.4 Å². The lowest BCUT2D eigenvalue weighted by Crippen LogP contribution is -2.46. The number of quaternary nitrogens is 1. The highest BCUT2D eigenvalue weighted by atomic mass is 31.2. The van der Waals surface area contributed by atoms with Crippen molar-refractivity contribution >= 4 is 13.7 Å². The second kappa shape index (κ2) is 61.7. The van der Waals surface area contributed by atoms with E-state index in [1.807, 2.05) is 21.1 Å². The van der Waals surface area contributed by atoms with E-state index in [0.717, 1.165) is 116 Å². The van der Waals surface area contributed by atoms with Crippen LogP contribution in [0.4, 0.5) is 0 Å². The molecular formula is C72H130N2O6P+. The molecule has 0 heterocycles. The van der Waals surface area contributed by atoms with Crippen molar-refractivity contribution in [2.45, 2.75) is 302 Å². The number of unbranched alkanes of at least 4 members (excludes halogenated alkanes) is 30. The van der Waals surface area contributed by atoms with Crippen molar-refractivity contribution < 1.29 is 32.9 Å². The van der Waals surface area contributed by atoms with Crippen LogP contribution in [0.25, 0.3) is 0 Å². The van der Waals surface area contributed by atoms with E-state index in [1.54, 1.807) is 0 Å². The van der Waals surface area contributed by atoms with Gasteiger partial charge in [-0.2, -0.15) is 0 Å². The zero-order chi connectivity index (χ0) is 59.1. The van der Waals surface area contributed by atoms with Gasteiger partial charge in [0.25, 0.3) is 0 Å². The maximum absolute atomic E-state index is 13.1. The summed E-state index contributed by atoms with van der Waals surface area (Å²) in [6.07, 6.45) is 90.3. The van der Waals surface area contributed by atoms with Gasteiger partial charge in [0.1, 0.15) is 13.2 Å². The average molecular weight is 1150 g/mol. The molecule has 0 aliphatic rings. The number of phosphoric ester groups is 1. The van der Waals surface area contributed by atoms with Crippen LogP contribution < -0.4 is 5.32 Å². The van der Waals surface area contributed by atoms with E-state index in [1.165, 1.54) is 148 Å². The van der Waals surface area contributed by atoms with Gasteiger partial charge in [-0.3, -0.25) is 13.8 Å². The number of phosphoric acid groups is 1. The fourth-order valence-corrected chi connectivity index (χ4v) is 10.3. The Hall–Kier alpha value is -2.84. The molecule has 8 nitrogen and oxygen atoms in total. The standard InChI is InChI=1S/C72H129N2O6P/c1-6-8-10-12-14-16-18-20-22-24-26-28-30-32-34-35-36-37-38-39-40-42-44-46-48-50-52-54-56-58-60-62-64-66-72(76)73-70(69-80-81(77,78)79-68-67-74(3,4)5)71(75)65-63-61-59-57-55-53-51-49-47-45-43-41-33-31-29-27-25-23-21-19-17-15-13-11-9-7-2/h8,10,14,16,20,22,26,28,32,34,36-37,39-40,44,46,50,52,70-71,75H,6-7,9,11-13,15,17-19,21,23-25,27,29-31,33,35,38,41-43,45,47-49,51,53-69H2,1-5H3,(H-,73,76,77,78)/p+1/b10-8-,16-14-,22-20-,28-26-,34-32-,37-36-,40-39-,46-44-,52-50-. The lowest BCUT2D eigenvalue weighted by Gasteiger charge is -2.26. The Balaban J connectivity index is 4.17. The van der Waals surface area contributed by atoms with Crippen molar-refractivity contribution in [3.8, 4) is 0 Å². The van der Waals surface area contributed by atoms with E-state index in [2.05, 4.69) is 129 Å². The topological polar surface area (TPSA) is 105 Å². The normalized spacial score (nSPS) is 14.4. The second-order valence-corrected chi connectivity index (χ2v) is 25.3. The minimum absolute atomic E-state index is 0.0653. The van der Waals surface area contributed by atoms with Crippen LogP contribution >= 0.6 is 7.82 Å². The molecule has 0 aromatic rings. The van der Waals surface area contributed by atoms with E-state index < -0.39 is 20.0 Å². The Bertz CT molecular complexity index is 1690. The predicted molar refractivity (Wildman–Crippen MR) is 355 cm³/mol. The summed E-state index contributed by atoms with van der Waals surface area (Å²) in [6, 6.07) is -0.781. The highest BCUT2D eigenvalue weighted by Crippen LogP contribution is 2.43. The Morgan fingerprint density at radius 3 is 1.09 bits per heavy atom. The molecule has 3 N–H and O–H groups in total. The van der Waals surface area contributed by atoms with Gasteiger partial charge >= 0.3 is 7.82 Å². The van der Waals surface area contributed by atoms with E-state index in [4.69, 9.17) is 9.05 Å². The maximum atomic E-state index is 13.1. The fraction of sp³-hybridized carbons (Fsp3) is 0.736. The first-order valence-corrected chi connectivity index (χ1v) is 35.2. The molecule has 0 aromatic carbocycles. The van der Waals surface area contributed by atoms with Crippen molar-refractivity contribution in [2.24, 2.45) is 0 Å². The largest absolute Gasteiger partial charge is 0.472 e. The summed E-state index contributed by atoms with van der Waals surface area (Å²) >= 11 is 0. The number of hydrogen-bond acceptors (Lipinski definition) is 5. The molecule has 0 radical (unpaired) electrons. The Morgan fingerprint density at radius 1 is 0.432 bits per heavy atom. The monoisotopic (exact) mass is 1150 g/mol. The Kier molecular flexibility index (Phi) is 59.5. The molecule has 3 atom stereocenters. The van der Waals surface area contributed by atoms with Gasteiger partial charge in [-0.1, -0.05) is 309 Å². The van der Waals surface area contributed by atoms with E-state index >= 15 is 0 Å². The van der Waals surface area contributed by atoms with Gasteiger partial charge in [0, 0.05) is 6.42 Å². The number of nitrogens with one attached hydrogen (secondary N) is 1. The number of aliphatic hydroxyl groups is 1. The molecule has 0 spiro atoms. The van der Waals surface area contributed by atoms with Crippen LogP contribution in [0.1, 0.15) is 290 Å². The van der Waals surface area contributed by atoms with Crippen molar-refractivity contribution in [3.63, 3.8) is 0 Å². The Labute approximate surface area is 501 Å². The number of likely N-dealkylation sites (N-methyl/N-ethyl adjacent to an activating group) is 1. The van der Waals surface area contributed by atoms with E-state index in [0.29, 0.717) is 23.9 Å². The molecule has 0 fully saturated rings. The van der Waals surface area contributed by atoms with Crippen molar-refractivity contribution in [3.05, 3.63) is 109 Å². The van der Waals surface area contributed by atoms with Crippen LogP contribution in [0.3, 0.4) is 0 Å². The Morgan fingerprint density at radius 2 is 0.741 bits per heavy atom. The molecule has 0 rings (SSSR count). The maximum Gasteiger partial charge on any atom is 0.472 e. The van der Waals surface area contributed by atoms with Crippen LogP contribution in [0.5, 0.6) is 0 Å². The second-order valence-electron chi connectivity index (χ2n) is 23.8. The number of allylic oxidation sites excluding steroid dienone is 18. The highest BCUT2D eigenvalue weighted by molar-refractivity contribution is 7.47. The molecular weight excluding hydrogens is 1020 g/mol. The molecule has 1 amide bonds. The minimum atomic E-state index is -4.34. The smallest absolute Gasteiger partial charge is 0.391 e. The molecule has 9 heteroatoms. The van der Waals surface area contributed by atoms with Gasteiger partial charge < -0.3 is 19.8 Å².